The summed E-state index contributed by atoms with van der Waals surface area (Å²) < 4.78 is 0. The van der Waals surface area contributed by atoms with Gasteiger partial charge in [0.05, 0.1) is 0 Å². The molecule has 1 N–H and O–H groups in total. The second kappa shape index (κ2) is 7.28. The third-order valence-corrected chi connectivity index (χ3v) is 4.76. The van der Waals surface area contributed by atoms with Crippen molar-refractivity contribution in [2.75, 3.05) is 13.1 Å². The van der Waals surface area contributed by atoms with E-state index in [2.05, 4.69) is 17.1 Å². The van der Waals surface area contributed by atoms with Gasteiger partial charge < -0.3 is 10.2 Å². The maximum Gasteiger partial charge on any atom is 0.219 e. The maximum absolute atomic E-state index is 11.7. The summed E-state index contributed by atoms with van der Waals surface area (Å²) in [6, 6.07) is 1.23. The normalized spacial score (nSPS) is 29.5. The van der Waals surface area contributed by atoms with Gasteiger partial charge in [-0.25, -0.2) is 0 Å². The lowest BCUT2D eigenvalue weighted by atomic mass is 9.88. The second-order valence-electron chi connectivity index (χ2n) is 6.51. The molecule has 0 aromatic carbocycles. The van der Waals surface area contributed by atoms with Gasteiger partial charge in [-0.3, -0.25) is 4.79 Å². The van der Waals surface area contributed by atoms with Crippen LogP contribution in [0.5, 0.6) is 0 Å². The van der Waals surface area contributed by atoms with Crippen molar-refractivity contribution in [2.45, 2.75) is 77.3 Å². The van der Waals surface area contributed by atoms with Crippen LogP contribution in [0.2, 0.25) is 0 Å². The molecule has 3 nitrogen and oxygen atoms in total. The molecule has 0 bridgehead atoms. The van der Waals surface area contributed by atoms with Crippen LogP contribution in [-0.2, 0) is 4.79 Å². The van der Waals surface area contributed by atoms with E-state index in [0.717, 1.165) is 13.1 Å². The van der Waals surface area contributed by atoms with Crippen LogP contribution in [0.15, 0.2) is 0 Å². The van der Waals surface area contributed by atoms with E-state index in [1.807, 2.05) is 0 Å². The molecule has 110 valence electrons. The van der Waals surface area contributed by atoms with E-state index in [1.165, 1.54) is 51.4 Å². The SMILES string of the molecule is CCCC1CC(NC2CCCCC2)CN(C(C)=O)C1. The number of carbonyl (C=O) groups excluding carboxylic acids is 1. The standard InChI is InChI=1S/C16H30N2O/c1-3-7-14-10-16(12-18(11-14)13(2)19)17-15-8-5-4-6-9-15/h14-17H,3-12H2,1-2H3. The molecule has 0 aromatic rings. The summed E-state index contributed by atoms with van der Waals surface area (Å²) in [6.45, 7) is 5.86. The highest BCUT2D eigenvalue weighted by molar-refractivity contribution is 5.73. The number of amides is 1. The molecular weight excluding hydrogens is 236 g/mol. The highest BCUT2D eigenvalue weighted by atomic mass is 16.2. The van der Waals surface area contributed by atoms with Crippen LogP contribution in [0.4, 0.5) is 0 Å². The molecule has 1 saturated carbocycles. The summed E-state index contributed by atoms with van der Waals surface area (Å²) in [6.07, 6.45) is 10.6. The Labute approximate surface area is 118 Å². The molecule has 1 aliphatic heterocycles. The molecule has 2 fully saturated rings. The van der Waals surface area contributed by atoms with Crippen molar-refractivity contribution in [1.82, 2.24) is 10.2 Å². The largest absolute Gasteiger partial charge is 0.341 e. The van der Waals surface area contributed by atoms with E-state index in [9.17, 15) is 4.79 Å². The van der Waals surface area contributed by atoms with Gasteiger partial charge >= 0.3 is 0 Å². The van der Waals surface area contributed by atoms with E-state index < -0.39 is 0 Å². The lowest BCUT2D eigenvalue weighted by Gasteiger charge is -2.40. The molecule has 2 rings (SSSR count). The molecule has 0 aromatic heterocycles. The molecule has 1 heterocycles. The number of rotatable bonds is 4. The number of carbonyl (C=O) groups is 1. The van der Waals surface area contributed by atoms with Crippen LogP contribution in [0, 0.1) is 5.92 Å². The van der Waals surface area contributed by atoms with Gasteiger partial charge in [0.2, 0.25) is 5.91 Å². The fraction of sp³-hybridized carbons (Fsp3) is 0.938. The first-order valence-electron chi connectivity index (χ1n) is 8.20. The third kappa shape index (κ3) is 4.48. The summed E-state index contributed by atoms with van der Waals surface area (Å²) >= 11 is 0. The van der Waals surface area contributed by atoms with Gasteiger partial charge in [-0.2, -0.15) is 0 Å². The van der Waals surface area contributed by atoms with Gasteiger partial charge in [-0.1, -0.05) is 32.6 Å². The molecule has 0 spiro atoms. The molecule has 1 saturated heterocycles. The summed E-state index contributed by atoms with van der Waals surface area (Å²) in [5.41, 5.74) is 0. The van der Waals surface area contributed by atoms with E-state index in [4.69, 9.17) is 0 Å². The number of hydrogen-bond acceptors (Lipinski definition) is 2. The second-order valence-corrected chi connectivity index (χ2v) is 6.51. The van der Waals surface area contributed by atoms with E-state index in [0.29, 0.717) is 18.0 Å². The third-order valence-electron chi connectivity index (χ3n) is 4.76. The lowest BCUT2D eigenvalue weighted by molar-refractivity contribution is -0.131. The summed E-state index contributed by atoms with van der Waals surface area (Å²) in [4.78, 5) is 13.7. The molecule has 2 atom stereocenters. The van der Waals surface area contributed by atoms with Gasteiger partial charge in [0, 0.05) is 32.1 Å². The van der Waals surface area contributed by atoms with Gasteiger partial charge in [0.25, 0.3) is 0 Å². The van der Waals surface area contributed by atoms with Crippen molar-refractivity contribution < 1.29 is 4.79 Å². The molecule has 1 amide bonds. The fourth-order valence-electron chi connectivity index (χ4n) is 3.80. The van der Waals surface area contributed by atoms with Crippen LogP contribution in [0.25, 0.3) is 0 Å². The van der Waals surface area contributed by atoms with Crippen molar-refractivity contribution in [1.29, 1.82) is 0 Å². The van der Waals surface area contributed by atoms with E-state index in [-0.39, 0.29) is 5.91 Å². The highest BCUT2D eigenvalue weighted by Crippen LogP contribution is 2.24. The zero-order valence-electron chi connectivity index (χ0n) is 12.7. The zero-order valence-corrected chi connectivity index (χ0v) is 12.7. The minimum Gasteiger partial charge on any atom is -0.341 e. The average Bonchev–Trinajstić information content (AvgIpc) is 2.40. The van der Waals surface area contributed by atoms with Crippen molar-refractivity contribution in [3.8, 4) is 0 Å². The Bertz CT molecular complexity index is 286. The van der Waals surface area contributed by atoms with Crippen molar-refractivity contribution >= 4 is 5.91 Å². The highest BCUT2D eigenvalue weighted by Gasteiger charge is 2.29. The van der Waals surface area contributed by atoms with Crippen molar-refractivity contribution in [3.05, 3.63) is 0 Å². The zero-order chi connectivity index (χ0) is 13.7. The van der Waals surface area contributed by atoms with Crippen LogP contribution < -0.4 is 5.32 Å². The Morgan fingerprint density at radius 3 is 2.53 bits per heavy atom. The Morgan fingerprint density at radius 1 is 1.16 bits per heavy atom. The lowest BCUT2D eigenvalue weighted by Crippen LogP contribution is -2.53. The molecule has 2 unspecified atom stereocenters. The summed E-state index contributed by atoms with van der Waals surface area (Å²) in [5.74, 6) is 0.944. The fourth-order valence-corrected chi connectivity index (χ4v) is 3.80. The predicted molar refractivity (Wildman–Crippen MR) is 79.1 cm³/mol. The Morgan fingerprint density at radius 2 is 1.89 bits per heavy atom. The van der Waals surface area contributed by atoms with Crippen molar-refractivity contribution in [2.24, 2.45) is 5.92 Å². The molecule has 3 heteroatoms. The first-order valence-corrected chi connectivity index (χ1v) is 8.20. The predicted octanol–water partition coefficient (Wildman–Crippen LogP) is 2.95. The number of nitrogens with zero attached hydrogens (tertiary/aromatic N) is 1. The maximum atomic E-state index is 11.7. The van der Waals surface area contributed by atoms with Gasteiger partial charge in [-0.05, 0) is 31.6 Å². The minimum atomic E-state index is 0.247. The monoisotopic (exact) mass is 266 g/mol. The van der Waals surface area contributed by atoms with Gasteiger partial charge in [0.1, 0.15) is 0 Å². The molecule has 2 aliphatic rings. The van der Waals surface area contributed by atoms with E-state index in [1.54, 1.807) is 6.92 Å². The van der Waals surface area contributed by atoms with Crippen LogP contribution in [0.1, 0.15) is 65.2 Å². The summed E-state index contributed by atoms with van der Waals surface area (Å²) in [7, 11) is 0. The number of likely N-dealkylation sites (tertiary alicyclic amines) is 1. The number of nitrogens with one attached hydrogen (secondary N) is 1. The minimum absolute atomic E-state index is 0.247. The topological polar surface area (TPSA) is 32.3 Å². The molecule has 1 aliphatic carbocycles. The van der Waals surface area contributed by atoms with Crippen LogP contribution in [0.3, 0.4) is 0 Å². The first kappa shape index (κ1) is 14.8. The first-order chi connectivity index (χ1) is 9.19. The Hall–Kier alpha value is -0.570. The Balaban J connectivity index is 1.88. The van der Waals surface area contributed by atoms with Crippen LogP contribution in [-0.4, -0.2) is 36.0 Å². The number of piperidine rings is 1. The van der Waals surface area contributed by atoms with E-state index >= 15 is 0 Å². The van der Waals surface area contributed by atoms with Crippen molar-refractivity contribution in [3.63, 3.8) is 0 Å². The number of hydrogen-bond donors (Lipinski definition) is 1. The molecular formula is C16H30N2O. The quantitative estimate of drug-likeness (QED) is 0.848. The molecule has 0 radical (unpaired) electrons. The Kier molecular flexibility index (Phi) is 5.68. The smallest absolute Gasteiger partial charge is 0.219 e. The molecule has 19 heavy (non-hydrogen) atoms. The summed E-state index contributed by atoms with van der Waals surface area (Å²) in [5, 5.41) is 3.84. The van der Waals surface area contributed by atoms with Crippen LogP contribution >= 0.6 is 0 Å². The van der Waals surface area contributed by atoms with Gasteiger partial charge in [-0.15, -0.1) is 0 Å². The average molecular weight is 266 g/mol. The van der Waals surface area contributed by atoms with Gasteiger partial charge in [0.15, 0.2) is 0 Å².